The van der Waals surface area contributed by atoms with Crippen molar-refractivity contribution in [1.82, 2.24) is 4.57 Å². The Kier molecular flexibility index (Phi) is 4.32. The Morgan fingerprint density at radius 3 is 2.85 bits per heavy atom. The van der Waals surface area contributed by atoms with Crippen LogP contribution in [0.2, 0.25) is 0 Å². The van der Waals surface area contributed by atoms with Crippen molar-refractivity contribution in [2.24, 2.45) is 7.05 Å². The Labute approximate surface area is 157 Å². The number of nitrogens with zero attached hydrogens (tertiary/aromatic N) is 2. The summed E-state index contributed by atoms with van der Waals surface area (Å²) in [6.45, 7) is 2.71. The maximum Gasteiger partial charge on any atom is 0.338 e. The van der Waals surface area contributed by atoms with Crippen LogP contribution in [-0.2, 0) is 18.2 Å². The standard InChI is InChI=1S/C21H21N3O3/c1-3-27-20(25)16-5-4-6-17(11-16)22-21(26)24-10-8-15-12-18-14(13-19(15)24)7-9-23(18)2/h4-7,9,11-13H,3,8,10H2,1-2H3,(H,22,26). The van der Waals surface area contributed by atoms with E-state index in [-0.39, 0.29) is 6.03 Å². The summed E-state index contributed by atoms with van der Waals surface area (Å²) in [6.07, 6.45) is 2.85. The normalized spacial score (nSPS) is 12.9. The molecule has 1 N–H and O–H groups in total. The summed E-state index contributed by atoms with van der Waals surface area (Å²) in [4.78, 5) is 26.4. The summed E-state index contributed by atoms with van der Waals surface area (Å²) in [7, 11) is 2.02. The molecule has 0 unspecified atom stereocenters. The SMILES string of the molecule is CCOC(=O)c1cccc(NC(=O)N2CCc3cc4c(ccn4C)cc32)c1. The lowest BCUT2D eigenvalue weighted by Gasteiger charge is -2.18. The molecule has 4 rings (SSSR count). The number of fused-ring (bicyclic) bond motifs is 2. The van der Waals surface area contributed by atoms with Gasteiger partial charge in [-0.25, -0.2) is 9.59 Å². The number of aromatic nitrogens is 1. The number of anilines is 2. The Morgan fingerprint density at radius 2 is 2.04 bits per heavy atom. The third-order valence-corrected chi connectivity index (χ3v) is 4.85. The van der Waals surface area contributed by atoms with Crippen LogP contribution in [0.5, 0.6) is 0 Å². The number of benzene rings is 2. The van der Waals surface area contributed by atoms with E-state index >= 15 is 0 Å². The van der Waals surface area contributed by atoms with Crippen molar-refractivity contribution in [1.29, 1.82) is 0 Å². The van der Waals surface area contributed by atoms with Gasteiger partial charge >= 0.3 is 12.0 Å². The van der Waals surface area contributed by atoms with E-state index in [0.717, 1.165) is 23.0 Å². The lowest BCUT2D eigenvalue weighted by Crippen LogP contribution is -2.33. The average molecular weight is 363 g/mol. The van der Waals surface area contributed by atoms with E-state index in [2.05, 4.69) is 22.0 Å². The lowest BCUT2D eigenvalue weighted by molar-refractivity contribution is 0.0526. The fourth-order valence-electron chi connectivity index (χ4n) is 3.49. The molecular formula is C21H21N3O3. The molecule has 6 heteroatoms. The molecule has 6 nitrogen and oxygen atoms in total. The number of rotatable bonds is 3. The molecule has 0 aliphatic carbocycles. The topological polar surface area (TPSA) is 63.6 Å². The van der Waals surface area contributed by atoms with Crippen LogP contribution in [0.1, 0.15) is 22.8 Å². The van der Waals surface area contributed by atoms with E-state index in [1.807, 2.05) is 19.3 Å². The van der Waals surface area contributed by atoms with Crippen LogP contribution in [0.25, 0.3) is 10.9 Å². The second-order valence-corrected chi connectivity index (χ2v) is 6.60. The minimum Gasteiger partial charge on any atom is -0.462 e. The number of ether oxygens (including phenoxy) is 1. The molecule has 27 heavy (non-hydrogen) atoms. The second-order valence-electron chi connectivity index (χ2n) is 6.60. The quantitative estimate of drug-likeness (QED) is 0.717. The van der Waals surface area contributed by atoms with Crippen LogP contribution in [0.15, 0.2) is 48.7 Å². The zero-order valence-corrected chi connectivity index (χ0v) is 15.4. The maximum atomic E-state index is 12.8. The maximum absolute atomic E-state index is 12.8. The summed E-state index contributed by atoms with van der Waals surface area (Å²) in [5, 5.41) is 4.00. The molecular weight excluding hydrogens is 342 g/mol. The predicted molar refractivity (Wildman–Crippen MR) is 105 cm³/mol. The summed E-state index contributed by atoms with van der Waals surface area (Å²) in [5.74, 6) is -0.397. The molecule has 1 aromatic heterocycles. The van der Waals surface area contributed by atoms with Crippen LogP contribution in [0.3, 0.4) is 0 Å². The summed E-state index contributed by atoms with van der Waals surface area (Å²) < 4.78 is 7.10. The van der Waals surface area contributed by atoms with Crippen LogP contribution in [0.4, 0.5) is 16.2 Å². The fraction of sp³-hybridized carbons (Fsp3) is 0.238. The molecule has 0 atom stereocenters. The number of carbonyl (C=O) groups excluding carboxylic acids is 2. The Bertz CT molecular complexity index is 1040. The van der Waals surface area contributed by atoms with Gasteiger partial charge < -0.3 is 14.6 Å². The molecule has 1 aliphatic heterocycles. The second kappa shape index (κ2) is 6.79. The van der Waals surface area contributed by atoms with Gasteiger partial charge in [0.15, 0.2) is 0 Å². The van der Waals surface area contributed by atoms with Crippen molar-refractivity contribution >= 4 is 34.3 Å². The largest absolute Gasteiger partial charge is 0.462 e. The number of urea groups is 1. The van der Waals surface area contributed by atoms with Crippen molar-refractivity contribution in [3.8, 4) is 0 Å². The highest BCUT2D eigenvalue weighted by molar-refractivity contribution is 6.05. The van der Waals surface area contributed by atoms with Gasteiger partial charge in [0.2, 0.25) is 0 Å². The Balaban J connectivity index is 1.56. The average Bonchev–Trinajstić information content (AvgIpc) is 3.24. The third-order valence-electron chi connectivity index (χ3n) is 4.85. The molecule has 2 aromatic carbocycles. The minimum atomic E-state index is -0.397. The zero-order valence-electron chi connectivity index (χ0n) is 15.4. The van der Waals surface area contributed by atoms with Gasteiger partial charge in [-0.05, 0) is 55.3 Å². The van der Waals surface area contributed by atoms with Crippen LogP contribution in [0, 0.1) is 0 Å². The van der Waals surface area contributed by atoms with E-state index in [4.69, 9.17) is 4.74 Å². The van der Waals surface area contributed by atoms with Crippen molar-refractivity contribution in [2.75, 3.05) is 23.4 Å². The predicted octanol–water partition coefficient (Wildman–Crippen LogP) is 3.95. The summed E-state index contributed by atoms with van der Waals surface area (Å²) >= 11 is 0. The summed E-state index contributed by atoms with van der Waals surface area (Å²) in [6, 6.07) is 12.9. The van der Waals surface area contributed by atoms with Crippen LogP contribution < -0.4 is 10.2 Å². The third kappa shape index (κ3) is 3.14. The van der Waals surface area contributed by atoms with Gasteiger partial charge in [0.05, 0.1) is 12.2 Å². The molecule has 138 valence electrons. The highest BCUT2D eigenvalue weighted by atomic mass is 16.5. The van der Waals surface area contributed by atoms with E-state index in [9.17, 15) is 9.59 Å². The van der Waals surface area contributed by atoms with E-state index in [1.54, 1.807) is 36.1 Å². The number of nitrogens with one attached hydrogen (secondary N) is 1. The number of amides is 2. The Hall–Kier alpha value is -3.28. The molecule has 0 radical (unpaired) electrons. The highest BCUT2D eigenvalue weighted by Crippen LogP contribution is 2.33. The van der Waals surface area contributed by atoms with Gasteiger partial charge in [-0.15, -0.1) is 0 Å². The molecule has 0 saturated heterocycles. The number of hydrogen-bond acceptors (Lipinski definition) is 3. The van der Waals surface area contributed by atoms with Crippen molar-refractivity contribution in [2.45, 2.75) is 13.3 Å². The fourth-order valence-corrected chi connectivity index (χ4v) is 3.49. The van der Waals surface area contributed by atoms with Gasteiger partial charge in [0.25, 0.3) is 0 Å². The lowest BCUT2D eigenvalue weighted by atomic mass is 10.1. The van der Waals surface area contributed by atoms with E-state index < -0.39 is 5.97 Å². The summed E-state index contributed by atoms with van der Waals surface area (Å²) in [5.41, 5.74) is 4.26. The first kappa shape index (κ1) is 17.1. The van der Waals surface area contributed by atoms with Crippen molar-refractivity contribution < 1.29 is 14.3 Å². The molecule has 3 aromatic rings. The molecule has 2 amide bonds. The number of hydrogen-bond donors (Lipinski definition) is 1. The minimum absolute atomic E-state index is 0.204. The molecule has 0 spiro atoms. The van der Waals surface area contributed by atoms with Gasteiger partial charge in [0.1, 0.15) is 0 Å². The molecule has 1 aliphatic rings. The highest BCUT2D eigenvalue weighted by Gasteiger charge is 2.25. The van der Waals surface area contributed by atoms with E-state index in [1.165, 1.54) is 5.56 Å². The first-order valence-corrected chi connectivity index (χ1v) is 9.00. The van der Waals surface area contributed by atoms with E-state index in [0.29, 0.717) is 24.4 Å². The molecule has 0 saturated carbocycles. The van der Waals surface area contributed by atoms with Crippen molar-refractivity contribution in [3.63, 3.8) is 0 Å². The Morgan fingerprint density at radius 1 is 1.19 bits per heavy atom. The zero-order chi connectivity index (χ0) is 19.0. The monoisotopic (exact) mass is 363 g/mol. The molecule has 0 fully saturated rings. The number of aryl methyl sites for hydroxylation is 1. The molecule has 0 bridgehead atoms. The smallest absolute Gasteiger partial charge is 0.338 e. The first-order chi connectivity index (χ1) is 13.1. The van der Waals surface area contributed by atoms with Gasteiger partial charge in [-0.1, -0.05) is 6.07 Å². The van der Waals surface area contributed by atoms with Gasteiger partial charge in [-0.3, -0.25) is 4.90 Å². The van der Waals surface area contributed by atoms with Crippen LogP contribution in [-0.4, -0.2) is 29.7 Å². The first-order valence-electron chi connectivity index (χ1n) is 9.00. The number of carbonyl (C=O) groups is 2. The van der Waals surface area contributed by atoms with Crippen molar-refractivity contribution in [3.05, 3.63) is 59.8 Å². The van der Waals surface area contributed by atoms with Gasteiger partial charge in [0, 0.05) is 42.1 Å². The van der Waals surface area contributed by atoms with Gasteiger partial charge in [-0.2, -0.15) is 0 Å². The molecule has 2 heterocycles. The van der Waals surface area contributed by atoms with Crippen LogP contribution >= 0.6 is 0 Å². The number of esters is 1.